The number of fused-ring (bicyclic) bond motifs is 3. The van der Waals surface area contributed by atoms with E-state index in [0.29, 0.717) is 39.0 Å². The molecule has 1 fully saturated rings. The second-order valence-corrected chi connectivity index (χ2v) is 8.82. The van der Waals surface area contributed by atoms with Gasteiger partial charge in [-0.1, -0.05) is 60.7 Å². The molecule has 0 spiro atoms. The van der Waals surface area contributed by atoms with E-state index >= 15 is 0 Å². The van der Waals surface area contributed by atoms with Gasteiger partial charge in [0, 0.05) is 25.4 Å². The molecule has 0 saturated carbocycles. The third kappa shape index (κ3) is 4.00. The van der Waals surface area contributed by atoms with E-state index in [4.69, 9.17) is 4.74 Å². The Morgan fingerprint density at radius 2 is 1.50 bits per heavy atom. The molecule has 5 rings (SSSR count). The van der Waals surface area contributed by atoms with Crippen LogP contribution in [0, 0.1) is 5.82 Å². The smallest absolute Gasteiger partial charge is 0.409 e. The molecule has 164 valence electrons. The second-order valence-electron chi connectivity index (χ2n) is 8.82. The number of likely N-dealkylation sites (tertiary alicyclic amines) is 1. The van der Waals surface area contributed by atoms with Crippen molar-refractivity contribution in [3.8, 4) is 11.1 Å². The number of piperidine rings is 1. The van der Waals surface area contributed by atoms with Gasteiger partial charge in [0.2, 0.25) is 0 Å². The summed E-state index contributed by atoms with van der Waals surface area (Å²) in [5, 5.41) is 10.9. The minimum atomic E-state index is -0.891. The number of benzene rings is 3. The van der Waals surface area contributed by atoms with Gasteiger partial charge in [-0.2, -0.15) is 0 Å². The predicted molar refractivity (Wildman–Crippen MR) is 121 cm³/mol. The summed E-state index contributed by atoms with van der Waals surface area (Å²) in [7, 11) is 0. The third-order valence-electron chi connectivity index (χ3n) is 6.73. The average molecular weight is 432 g/mol. The molecule has 1 N–H and O–H groups in total. The van der Waals surface area contributed by atoms with E-state index in [1.54, 1.807) is 17.0 Å². The van der Waals surface area contributed by atoms with Crippen molar-refractivity contribution in [3.05, 3.63) is 95.3 Å². The summed E-state index contributed by atoms with van der Waals surface area (Å²) in [6, 6.07) is 22.7. The lowest BCUT2D eigenvalue weighted by Gasteiger charge is -2.38. The number of halogens is 1. The maximum Gasteiger partial charge on any atom is 0.409 e. The van der Waals surface area contributed by atoms with E-state index in [0.717, 1.165) is 5.56 Å². The molecule has 0 aromatic heterocycles. The third-order valence-corrected chi connectivity index (χ3v) is 6.73. The Bertz CT molecular complexity index is 1070. The van der Waals surface area contributed by atoms with Gasteiger partial charge in [0.15, 0.2) is 0 Å². The van der Waals surface area contributed by atoms with Crippen LogP contribution in [0.2, 0.25) is 0 Å². The summed E-state index contributed by atoms with van der Waals surface area (Å²) >= 11 is 0. The van der Waals surface area contributed by atoms with Crippen molar-refractivity contribution in [2.24, 2.45) is 0 Å². The fourth-order valence-electron chi connectivity index (χ4n) is 4.95. The van der Waals surface area contributed by atoms with Crippen LogP contribution in [-0.4, -0.2) is 41.4 Å². The molecule has 32 heavy (non-hydrogen) atoms. The monoisotopic (exact) mass is 431 g/mol. The number of carbonyl (C=O) groups excluding carboxylic acids is 1. The van der Waals surface area contributed by atoms with Crippen molar-refractivity contribution in [2.75, 3.05) is 19.7 Å². The van der Waals surface area contributed by atoms with Crippen molar-refractivity contribution in [2.45, 2.75) is 30.8 Å². The van der Waals surface area contributed by atoms with Gasteiger partial charge in [0.05, 0.1) is 5.60 Å². The molecule has 0 radical (unpaired) electrons. The number of carbonyl (C=O) groups is 1. The van der Waals surface area contributed by atoms with Crippen LogP contribution in [-0.2, 0) is 11.2 Å². The summed E-state index contributed by atoms with van der Waals surface area (Å²) < 4.78 is 18.9. The Morgan fingerprint density at radius 3 is 2.09 bits per heavy atom. The maximum absolute atomic E-state index is 13.1. The molecule has 3 aromatic rings. The zero-order valence-corrected chi connectivity index (χ0v) is 17.8. The summed E-state index contributed by atoms with van der Waals surface area (Å²) in [4.78, 5) is 14.4. The standard InChI is InChI=1S/C27H26FNO3/c28-20-11-9-19(10-12-20)17-27(31)13-15-29(16-14-27)26(30)32-18-25-23-7-3-1-5-21(23)22-6-2-4-8-24(22)25/h1-12,25,31H,13-18H2. The van der Waals surface area contributed by atoms with Gasteiger partial charge in [0.1, 0.15) is 12.4 Å². The Hall–Kier alpha value is -3.18. The number of nitrogens with zero attached hydrogens (tertiary/aromatic N) is 1. The molecule has 1 saturated heterocycles. The van der Waals surface area contributed by atoms with Gasteiger partial charge in [-0.3, -0.25) is 0 Å². The van der Waals surface area contributed by atoms with E-state index in [2.05, 4.69) is 24.3 Å². The Morgan fingerprint density at radius 1 is 0.938 bits per heavy atom. The largest absolute Gasteiger partial charge is 0.448 e. The number of hydrogen-bond donors (Lipinski definition) is 1. The highest BCUT2D eigenvalue weighted by atomic mass is 19.1. The molecular formula is C27H26FNO3. The maximum atomic E-state index is 13.1. The first-order valence-electron chi connectivity index (χ1n) is 11.1. The first-order chi connectivity index (χ1) is 15.5. The van der Waals surface area contributed by atoms with Gasteiger partial charge in [-0.05, 0) is 52.8 Å². The predicted octanol–water partition coefficient (Wildman–Crippen LogP) is 5.14. The van der Waals surface area contributed by atoms with Gasteiger partial charge >= 0.3 is 6.09 Å². The minimum Gasteiger partial charge on any atom is -0.448 e. The number of aliphatic hydroxyl groups is 1. The van der Waals surface area contributed by atoms with Crippen LogP contribution in [0.1, 0.15) is 35.4 Å². The van der Waals surface area contributed by atoms with Crippen LogP contribution in [0.4, 0.5) is 9.18 Å². The normalized spacial score (nSPS) is 17.0. The van der Waals surface area contributed by atoms with Crippen LogP contribution >= 0.6 is 0 Å². The number of amides is 1. The average Bonchev–Trinajstić information content (AvgIpc) is 3.13. The van der Waals surface area contributed by atoms with Crippen molar-refractivity contribution in [1.29, 1.82) is 0 Å². The molecule has 1 aliphatic heterocycles. The van der Waals surface area contributed by atoms with E-state index < -0.39 is 5.60 Å². The van der Waals surface area contributed by atoms with Gasteiger partial charge < -0.3 is 14.7 Å². The van der Waals surface area contributed by atoms with Crippen molar-refractivity contribution >= 4 is 6.09 Å². The molecule has 2 aliphatic rings. The second kappa shape index (κ2) is 8.40. The van der Waals surface area contributed by atoms with Crippen molar-refractivity contribution in [1.82, 2.24) is 4.90 Å². The van der Waals surface area contributed by atoms with Crippen LogP contribution in [0.5, 0.6) is 0 Å². The molecule has 1 heterocycles. The lowest BCUT2D eigenvalue weighted by Crippen LogP contribution is -2.48. The van der Waals surface area contributed by atoms with E-state index in [-0.39, 0.29) is 17.8 Å². The Kier molecular flexibility index (Phi) is 5.43. The van der Waals surface area contributed by atoms with Crippen molar-refractivity contribution < 1.29 is 19.0 Å². The topological polar surface area (TPSA) is 49.8 Å². The number of ether oxygens (including phenoxy) is 1. The first kappa shape index (κ1) is 20.7. The molecular weight excluding hydrogens is 405 g/mol. The summed E-state index contributed by atoms with van der Waals surface area (Å²) in [6.07, 6.45) is 1.05. The van der Waals surface area contributed by atoms with E-state index in [1.807, 2.05) is 24.3 Å². The lowest BCUT2D eigenvalue weighted by molar-refractivity contribution is -0.0200. The number of hydrogen-bond acceptors (Lipinski definition) is 3. The molecule has 3 aromatic carbocycles. The van der Waals surface area contributed by atoms with Crippen LogP contribution in [0.3, 0.4) is 0 Å². The molecule has 1 amide bonds. The molecule has 4 nitrogen and oxygen atoms in total. The zero-order valence-electron chi connectivity index (χ0n) is 17.8. The first-order valence-corrected chi connectivity index (χ1v) is 11.1. The van der Waals surface area contributed by atoms with Gasteiger partial charge in [-0.15, -0.1) is 0 Å². The quantitative estimate of drug-likeness (QED) is 0.622. The fraction of sp³-hybridized carbons (Fsp3) is 0.296. The highest BCUT2D eigenvalue weighted by Crippen LogP contribution is 2.44. The van der Waals surface area contributed by atoms with E-state index in [9.17, 15) is 14.3 Å². The summed E-state index contributed by atoms with van der Waals surface area (Å²) in [6.45, 7) is 1.17. The summed E-state index contributed by atoms with van der Waals surface area (Å²) in [5.41, 5.74) is 4.78. The Labute approximate surface area is 187 Å². The SMILES string of the molecule is O=C(OCC1c2ccccc2-c2ccccc21)N1CCC(O)(Cc2ccc(F)cc2)CC1. The number of rotatable bonds is 4. The van der Waals surface area contributed by atoms with Crippen LogP contribution in [0.15, 0.2) is 72.8 Å². The van der Waals surface area contributed by atoms with E-state index in [1.165, 1.54) is 34.4 Å². The molecule has 0 atom stereocenters. The highest BCUT2D eigenvalue weighted by Gasteiger charge is 2.35. The fourth-order valence-corrected chi connectivity index (χ4v) is 4.95. The molecule has 0 unspecified atom stereocenters. The van der Waals surface area contributed by atoms with Gasteiger partial charge in [-0.25, -0.2) is 9.18 Å². The van der Waals surface area contributed by atoms with Crippen LogP contribution in [0.25, 0.3) is 11.1 Å². The van der Waals surface area contributed by atoms with Crippen molar-refractivity contribution in [3.63, 3.8) is 0 Å². The summed E-state index contributed by atoms with van der Waals surface area (Å²) in [5.74, 6) is -0.252. The van der Waals surface area contributed by atoms with Gasteiger partial charge in [0.25, 0.3) is 0 Å². The lowest BCUT2D eigenvalue weighted by atomic mass is 9.85. The molecule has 5 heteroatoms. The van der Waals surface area contributed by atoms with Crippen LogP contribution < -0.4 is 0 Å². The minimum absolute atomic E-state index is 0.0338. The Balaban J connectivity index is 1.19. The molecule has 1 aliphatic carbocycles. The zero-order chi connectivity index (χ0) is 22.1. The molecule has 0 bridgehead atoms. The highest BCUT2D eigenvalue weighted by molar-refractivity contribution is 5.79.